The summed E-state index contributed by atoms with van der Waals surface area (Å²) in [6.07, 6.45) is 6.20. The van der Waals surface area contributed by atoms with Gasteiger partial charge in [-0.25, -0.2) is 0 Å². The van der Waals surface area contributed by atoms with Crippen molar-refractivity contribution in [2.45, 2.75) is 39.2 Å². The van der Waals surface area contributed by atoms with Gasteiger partial charge in [0.25, 0.3) is 0 Å². The van der Waals surface area contributed by atoms with E-state index in [9.17, 15) is 4.79 Å². The average molecular weight is 249 g/mol. The van der Waals surface area contributed by atoms with Gasteiger partial charge >= 0.3 is 0 Å². The van der Waals surface area contributed by atoms with Gasteiger partial charge in [0.2, 0.25) is 5.91 Å². The van der Waals surface area contributed by atoms with Crippen molar-refractivity contribution in [3.05, 3.63) is 24.0 Å². The maximum absolute atomic E-state index is 12.1. The van der Waals surface area contributed by atoms with Gasteiger partial charge in [-0.15, -0.1) is 0 Å². The Kier molecular flexibility index (Phi) is 3.76. The third-order valence-electron chi connectivity index (χ3n) is 4.09. The first-order valence-electron chi connectivity index (χ1n) is 6.64. The number of carbonyl (C=O) groups is 1. The number of amides is 1. The number of rotatable bonds is 3. The number of H-pyrrole nitrogens is 1. The predicted molar refractivity (Wildman–Crippen MR) is 72.1 cm³/mol. The van der Waals surface area contributed by atoms with Crippen LogP contribution in [0, 0.1) is 5.41 Å². The lowest BCUT2D eigenvalue weighted by Gasteiger charge is -2.42. The van der Waals surface area contributed by atoms with Crippen LogP contribution in [0.25, 0.3) is 0 Å². The largest absolute Gasteiger partial charge is 0.367 e. The Morgan fingerprint density at radius 1 is 1.61 bits per heavy atom. The lowest BCUT2D eigenvalue weighted by Crippen LogP contribution is -2.54. The smallest absolute Gasteiger partial charge is 0.222 e. The Labute approximate surface area is 109 Å². The second-order valence-corrected chi connectivity index (χ2v) is 5.90. The SMILES string of the molecule is CC1(C)CCN(C(=O)CCc2cc[nH]c2)CC1N. The normalized spacial score (nSPS) is 23.1. The summed E-state index contributed by atoms with van der Waals surface area (Å²) in [6, 6.07) is 2.10. The lowest BCUT2D eigenvalue weighted by atomic mass is 9.78. The van der Waals surface area contributed by atoms with Crippen molar-refractivity contribution >= 4 is 5.91 Å². The number of aryl methyl sites for hydroxylation is 1. The highest BCUT2D eigenvalue weighted by Crippen LogP contribution is 2.29. The summed E-state index contributed by atoms with van der Waals surface area (Å²) in [5.41, 5.74) is 7.47. The Bertz CT molecular complexity index is 397. The van der Waals surface area contributed by atoms with Crippen LogP contribution in [-0.2, 0) is 11.2 Å². The highest BCUT2D eigenvalue weighted by molar-refractivity contribution is 5.76. The van der Waals surface area contributed by atoms with Crippen molar-refractivity contribution in [2.75, 3.05) is 13.1 Å². The molecule has 1 fully saturated rings. The van der Waals surface area contributed by atoms with Crippen LogP contribution in [0.4, 0.5) is 0 Å². The molecule has 2 heterocycles. The summed E-state index contributed by atoms with van der Waals surface area (Å²) in [4.78, 5) is 17.0. The van der Waals surface area contributed by atoms with E-state index in [1.54, 1.807) is 0 Å². The highest BCUT2D eigenvalue weighted by Gasteiger charge is 2.34. The van der Waals surface area contributed by atoms with E-state index in [-0.39, 0.29) is 17.4 Å². The zero-order valence-corrected chi connectivity index (χ0v) is 11.3. The summed E-state index contributed by atoms with van der Waals surface area (Å²) < 4.78 is 0. The number of piperidine rings is 1. The van der Waals surface area contributed by atoms with Gasteiger partial charge in [-0.1, -0.05) is 13.8 Å². The zero-order chi connectivity index (χ0) is 13.2. The van der Waals surface area contributed by atoms with E-state index in [4.69, 9.17) is 5.73 Å². The molecule has 1 aromatic heterocycles. The fourth-order valence-corrected chi connectivity index (χ4v) is 2.33. The first kappa shape index (κ1) is 13.1. The number of aromatic amines is 1. The molecule has 0 saturated carbocycles. The summed E-state index contributed by atoms with van der Waals surface area (Å²) in [5, 5.41) is 0. The quantitative estimate of drug-likeness (QED) is 0.853. The van der Waals surface area contributed by atoms with Gasteiger partial charge in [-0.05, 0) is 29.9 Å². The number of hydrogen-bond acceptors (Lipinski definition) is 2. The molecule has 0 bridgehead atoms. The fourth-order valence-electron chi connectivity index (χ4n) is 2.33. The Balaban J connectivity index is 1.83. The van der Waals surface area contributed by atoms with Crippen molar-refractivity contribution in [3.63, 3.8) is 0 Å². The molecule has 1 aliphatic heterocycles. The molecule has 1 amide bonds. The maximum Gasteiger partial charge on any atom is 0.222 e. The predicted octanol–water partition coefficient (Wildman–Crippen LogP) is 1.53. The van der Waals surface area contributed by atoms with Gasteiger partial charge in [0.05, 0.1) is 0 Å². The van der Waals surface area contributed by atoms with Crippen LogP contribution in [0.5, 0.6) is 0 Å². The Hall–Kier alpha value is -1.29. The zero-order valence-electron chi connectivity index (χ0n) is 11.3. The van der Waals surface area contributed by atoms with E-state index in [0.29, 0.717) is 13.0 Å². The molecule has 100 valence electrons. The van der Waals surface area contributed by atoms with Crippen molar-refractivity contribution in [1.82, 2.24) is 9.88 Å². The second kappa shape index (κ2) is 5.14. The monoisotopic (exact) mass is 249 g/mol. The van der Waals surface area contributed by atoms with Crippen LogP contribution in [0.3, 0.4) is 0 Å². The maximum atomic E-state index is 12.1. The molecule has 1 aromatic rings. The molecule has 0 radical (unpaired) electrons. The van der Waals surface area contributed by atoms with Crippen LogP contribution >= 0.6 is 0 Å². The molecule has 4 nitrogen and oxygen atoms in total. The molecule has 0 aliphatic carbocycles. The Morgan fingerprint density at radius 2 is 2.39 bits per heavy atom. The van der Waals surface area contributed by atoms with Crippen molar-refractivity contribution in [2.24, 2.45) is 11.1 Å². The molecule has 1 atom stereocenters. The van der Waals surface area contributed by atoms with Gasteiger partial charge in [0.15, 0.2) is 0 Å². The minimum absolute atomic E-state index is 0.0856. The second-order valence-electron chi connectivity index (χ2n) is 5.90. The highest BCUT2D eigenvalue weighted by atomic mass is 16.2. The standard InChI is InChI=1S/C14H23N3O/c1-14(2)6-8-17(10-12(14)15)13(18)4-3-11-5-7-16-9-11/h5,7,9,12,16H,3-4,6,8,10,15H2,1-2H3. The van der Waals surface area contributed by atoms with Crippen LogP contribution in [0.2, 0.25) is 0 Å². The Morgan fingerprint density at radius 3 is 3.00 bits per heavy atom. The average Bonchev–Trinajstić information content (AvgIpc) is 2.82. The minimum atomic E-state index is 0.0856. The van der Waals surface area contributed by atoms with Gasteiger partial charge in [0.1, 0.15) is 0 Å². The van der Waals surface area contributed by atoms with E-state index in [1.165, 1.54) is 5.56 Å². The van der Waals surface area contributed by atoms with E-state index >= 15 is 0 Å². The van der Waals surface area contributed by atoms with Crippen LogP contribution in [0.15, 0.2) is 18.5 Å². The number of nitrogens with zero attached hydrogens (tertiary/aromatic N) is 1. The van der Waals surface area contributed by atoms with Crippen molar-refractivity contribution in [1.29, 1.82) is 0 Å². The van der Waals surface area contributed by atoms with Gasteiger partial charge in [-0.2, -0.15) is 0 Å². The lowest BCUT2D eigenvalue weighted by molar-refractivity contribution is -0.133. The van der Waals surface area contributed by atoms with Gasteiger partial charge < -0.3 is 15.6 Å². The first-order valence-corrected chi connectivity index (χ1v) is 6.64. The molecule has 2 rings (SSSR count). The fraction of sp³-hybridized carbons (Fsp3) is 0.643. The molecule has 1 unspecified atom stereocenters. The summed E-state index contributed by atoms with van der Waals surface area (Å²) in [5.74, 6) is 0.224. The van der Waals surface area contributed by atoms with Crippen LogP contribution < -0.4 is 5.73 Å². The van der Waals surface area contributed by atoms with E-state index in [2.05, 4.69) is 18.8 Å². The van der Waals surface area contributed by atoms with Crippen molar-refractivity contribution < 1.29 is 4.79 Å². The topological polar surface area (TPSA) is 62.1 Å². The summed E-state index contributed by atoms with van der Waals surface area (Å²) in [6.45, 7) is 5.89. The summed E-state index contributed by atoms with van der Waals surface area (Å²) in [7, 11) is 0. The number of aromatic nitrogens is 1. The third kappa shape index (κ3) is 2.93. The van der Waals surface area contributed by atoms with Gasteiger partial charge in [-0.3, -0.25) is 4.79 Å². The van der Waals surface area contributed by atoms with E-state index in [0.717, 1.165) is 19.4 Å². The molecule has 1 saturated heterocycles. The van der Waals surface area contributed by atoms with E-state index in [1.807, 2.05) is 23.4 Å². The number of hydrogen-bond donors (Lipinski definition) is 2. The molecule has 4 heteroatoms. The number of likely N-dealkylation sites (tertiary alicyclic amines) is 1. The van der Waals surface area contributed by atoms with Crippen LogP contribution in [0.1, 0.15) is 32.3 Å². The molecule has 3 N–H and O–H groups in total. The molecular weight excluding hydrogens is 226 g/mol. The molecule has 0 aromatic carbocycles. The first-order chi connectivity index (χ1) is 8.49. The molecule has 18 heavy (non-hydrogen) atoms. The number of nitrogens with two attached hydrogens (primary N) is 1. The molecule has 0 spiro atoms. The molecular formula is C14H23N3O. The number of carbonyl (C=O) groups excluding carboxylic acids is 1. The van der Waals surface area contributed by atoms with Crippen LogP contribution in [-0.4, -0.2) is 34.9 Å². The van der Waals surface area contributed by atoms with E-state index < -0.39 is 0 Å². The van der Waals surface area contributed by atoms with Crippen molar-refractivity contribution in [3.8, 4) is 0 Å². The molecule has 1 aliphatic rings. The number of nitrogens with one attached hydrogen (secondary N) is 1. The summed E-state index contributed by atoms with van der Waals surface area (Å²) >= 11 is 0. The third-order valence-corrected chi connectivity index (χ3v) is 4.09. The van der Waals surface area contributed by atoms with Gasteiger partial charge in [0, 0.05) is 37.9 Å². The minimum Gasteiger partial charge on any atom is -0.367 e.